The monoisotopic (exact) mass is 610 g/mol. The molecule has 0 aliphatic rings. The topological polar surface area (TPSA) is 56.7 Å². The molecule has 0 radical (unpaired) electrons. The van der Waals surface area contributed by atoms with Crippen LogP contribution in [0.25, 0.3) is 61.4 Å². The minimum absolute atomic E-state index is 0.709. The van der Waals surface area contributed by atoms with Crippen molar-refractivity contribution in [1.29, 1.82) is 0 Å². The van der Waals surface area contributed by atoms with Gasteiger partial charge in [0.2, 0.25) is 0 Å². The summed E-state index contributed by atoms with van der Waals surface area (Å²) in [6.45, 7) is 0. The average molecular weight is 611 g/mol. The molecule has 0 fully saturated rings. The van der Waals surface area contributed by atoms with Crippen molar-refractivity contribution in [3.8, 4) is 39.6 Å². The Bertz CT molecular complexity index is 2270. The Hall–Kier alpha value is -5.65. The molecule has 2 heterocycles. The lowest BCUT2D eigenvalue weighted by Crippen LogP contribution is -1.98. The average Bonchev–Trinajstić information content (AvgIpc) is 3.45. The second kappa shape index (κ2) is 12.0. The molecule has 2 N–H and O–H groups in total. The van der Waals surface area contributed by atoms with Crippen molar-refractivity contribution < 1.29 is 0 Å². The molecule has 2 aromatic heterocycles. The molecule has 8 rings (SSSR count). The van der Waals surface area contributed by atoms with Gasteiger partial charge in [-0.1, -0.05) is 115 Å². The normalized spacial score (nSPS) is 11.3. The van der Waals surface area contributed by atoms with Crippen molar-refractivity contribution in [1.82, 2.24) is 14.5 Å². The zero-order valence-electron chi connectivity index (χ0n) is 25.0. The maximum absolute atomic E-state index is 6.24. The molecule has 0 saturated carbocycles. The molecule has 6 aromatic carbocycles. The van der Waals surface area contributed by atoms with Crippen LogP contribution in [0.2, 0.25) is 0 Å². The number of benzene rings is 6. The standard InChI is InChI=1S/C41H30N4S/c42-35-19-8-10-21-40(35)46-27-28-22-23-34-33-18-7-9-20-38(33)45(39(34)24-28)32-17-11-16-31(25-32)37-26-36(29-12-3-1-4-13-29)43-41(44-37)30-14-5-2-6-15-30/h1-26H,27,42H2. The van der Waals surface area contributed by atoms with Gasteiger partial charge < -0.3 is 10.3 Å². The first-order valence-electron chi connectivity index (χ1n) is 15.3. The van der Waals surface area contributed by atoms with Gasteiger partial charge in [-0.15, -0.1) is 11.8 Å². The Balaban J connectivity index is 1.25. The molecule has 0 aliphatic heterocycles. The highest BCUT2D eigenvalue weighted by molar-refractivity contribution is 7.98. The highest BCUT2D eigenvalue weighted by atomic mass is 32.2. The Morgan fingerprint density at radius 3 is 1.98 bits per heavy atom. The van der Waals surface area contributed by atoms with E-state index in [1.165, 1.54) is 27.4 Å². The third-order valence-electron chi connectivity index (χ3n) is 8.28. The largest absolute Gasteiger partial charge is 0.398 e. The molecule has 0 saturated heterocycles. The van der Waals surface area contributed by atoms with Gasteiger partial charge >= 0.3 is 0 Å². The number of nitrogen functional groups attached to an aromatic ring is 1. The van der Waals surface area contributed by atoms with E-state index in [1.54, 1.807) is 11.8 Å². The van der Waals surface area contributed by atoms with Crippen molar-refractivity contribution in [3.05, 3.63) is 163 Å². The van der Waals surface area contributed by atoms with Crippen LogP contribution in [0.15, 0.2) is 163 Å². The lowest BCUT2D eigenvalue weighted by atomic mass is 10.1. The van der Waals surface area contributed by atoms with Crippen LogP contribution in [0, 0.1) is 0 Å². The summed E-state index contributed by atoms with van der Waals surface area (Å²) in [6.07, 6.45) is 0. The second-order valence-corrected chi connectivity index (χ2v) is 12.3. The van der Waals surface area contributed by atoms with Gasteiger partial charge in [0.1, 0.15) is 0 Å². The number of rotatable bonds is 7. The number of thioether (sulfide) groups is 1. The highest BCUT2D eigenvalue weighted by Gasteiger charge is 2.15. The Kier molecular flexibility index (Phi) is 7.29. The third-order valence-corrected chi connectivity index (χ3v) is 9.44. The summed E-state index contributed by atoms with van der Waals surface area (Å²) in [5, 5.41) is 2.46. The molecule has 0 aliphatic carbocycles. The van der Waals surface area contributed by atoms with E-state index in [0.29, 0.717) is 5.82 Å². The van der Waals surface area contributed by atoms with Crippen molar-refractivity contribution in [2.45, 2.75) is 10.6 Å². The van der Waals surface area contributed by atoms with Gasteiger partial charge in [-0.3, -0.25) is 0 Å². The molecule has 8 aromatic rings. The van der Waals surface area contributed by atoms with Gasteiger partial charge in [0.25, 0.3) is 0 Å². The van der Waals surface area contributed by atoms with Gasteiger partial charge in [0.15, 0.2) is 5.82 Å². The zero-order valence-corrected chi connectivity index (χ0v) is 25.9. The van der Waals surface area contributed by atoms with Crippen LogP contribution < -0.4 is 5.73 Å². The molecular weight excluding hydrogens is 581 g/mol. The molecule has 0 amide bonds. The van der Waals surface area contributed by atoms with E-state index in [9.17, 15) is 0 Å². The van der Waals surface area contributed by atoms with Crippen LogP contribution in [0.5, 0.6) is 0 Å². The van der Waals surface area contributed by atoms with Crippen molar-refractivity contribution in [2.75, 3.05) is 5.73 Å². The summed E-state index contributed by atoms with van der Waals surface area (Å²) in [6, 6.07) is 54.8. The number of nitrogens with zero attached hydrogens (tertiary/aromatic N) is 3. The fraction of sp³-hybridized carbons (Fsp3) is 0.0244. The SMILES string of the molecule is Nc1ccccc1SCc1ccc2c3ccccc3n(-c3cccc(-c4cc(-c5ccccc5)nc(-c5ccccc5)n4)c3)c2c1. The maximum atomic E-state index is 6.24. The second-order valence-electron chi connectivity index (χ2n) is 11.3. The first-order valence-corrected chi connectivity index (χ1v) is 16.3. The van der Waals surface area contributed by atoms with Crippen molar-refractivity contribution >= 4 is 39.3 Å². The lowest BCUT2D eigenvalue weighted by molar-refractivity contribution is 1.16. The van der Waals surface area contributed by atoms with Crippen LogP contribution in [0.1, 0.15) is 5.56 Å². The Morgan fingerprint density at radius 2 is 1.17 bits per heavy atom. The van der Waals surface area contributed by atoms with E-state index >= 15 is 0 Å². The fourth-order valence-corrected chi connectivity index (χ4v) is 6.94. The van der Waals surface area contributed by atoms with Crippen molar-refractivity contribution in [3.63, 3.8) is 0 Å². The van der Waals surface area contributed by atoms with E-state index < -0.39 is 0 Å². The highest BCUT2D eigenvalue weighted by Crippen LogP contribution is 2.36. The van der Waals surface area contributed by atoms with Crippen LogP contribution in [-0.4, -0.2) is 14.5 Å². The Labute approximate surface area is 272 Å². The van der Waals surface area contributed by atoms with Gasteiger partial charge in [-0.25, -0.2) is 9.97 Å². The number of nitrogens with two attached hydrogens (primary N) is 1. The molecular formula is C41H30N4S. The van der Waals surface area contributed by atoms with Gasteiger partial charge in [-0.05, 0) is 48.0 Å². The molecule has 0 spiro atoms. The molecule has 5 heteroatoms. The number of fused-ring (bicyclic) bond motifs is 3. The summed E-state index contributed by atoms with van der Waals surface area (Å²) in [5.74, 6) is 1.54. The van der Waals surface area contributed by atoms with E-state index in [-0.39, 0.29) is 0 Å². The molecule has 0 atom stereocenters. The summed E-state index contributed by atoms with van der Waals surface area (Å²) < 4.78 is 2.37. The molecule has 0 bridgehead atoms. The van der Waals surface area contributed by atoms with Gasteiger partial charge in [0.05, 0.1) is 22.4 Å². The number of para-hydroxylation sites is 2. The quantitative estimate of drug-likeness (QED) is 0.144. The summed E-state index contributed by atoms with van der Waals surface area (Å²) in [4.78, 5) is 11.2. The maximum Gasteiger partial charge on any atom is 0.160 e. The first-order chi connectivity index (χ1) is 22.7. The smallest absolute Gasteiger partial charge is 0.160 e. The third kappa shape index (κ3) is 5.31. The van der Waals surface area contributed by atoms with E-state index in [4.69, 9.17) is 15.7 Å². The number of aromatic nitrogens is 3. The fourth-order valence-electron chi connectivity index (χ4n) is 6.03. The van der Waals surface area contributed by atoms with Crippen LogP contribution in [0.4, 0.5) is 5.69 Å². The lowest BCUT2D eigenvalue weighted by Gasteiger charge is -2.13. The van der Waals surface area contributed by atoms with E-state index in [1.807, 2.05) is 54.6 Å². The van der Waals surface area contributed by atoms with Crippen molar-refractivity contribution in [2.24, 2.45) is 0 Å². The molecule has 4 nitrogen and oxygen atoms in total. The number of anilines is 1. The minimum atomic E-state index is 0.709. The molecule has 220 valence electrons. The minimum Gasteiger partial charge on any atom is -0.398 e. The van der Waals surface area contributed by atoms with Gasteiger partial charge in [0, 0.05) is 49.5 Å². The summed E-state index contributed by atoms with van der Waals surface area (Å²) in [5.41, 5.74) is 16.6. The van der Waals surface area contributed by atoms with E-state index in [2.05, 4.69) is 108 Å². The van der Waals surface area contributed by atoms with Crippen LogP contribution in [0.3, 0.4) is 0 Å². The summed E-state index contributed by atoms with van der Waals surface area (Å²) >= 11 is 1.77. The van der Waals surface area contributed by atoms with Crippen LogP contribution in [-0.2, 0) is 5.75 Å². The molecule has 46 heavy (non-hydrogen) atoms. The zero-order chi connectivity index (χ0) is 30.9. The summed E-state index contributed by atoms with van der Waals surface area (Å²) in [7, 11) is 0. The predicted octanol–water partition coefficient (Wildman–Crippen LogP) is 10.4. The van der Waals surface area contributed by atoms with Gasteiger partial charge in [-0.2, -0.15) is 0 Å². The Morgan fingerprint density at radius 1 is 0.522 bits per heavy atom. The number of hydrogen-bond acceptors (Lipinski definition) is 4. The number of hydrogen-bond donors (Lipinski definition) is 1. The first kappa shape index (κ1) is 27.9. The van der Waals surface area contributed by atoms with Crippen LogP contribution >= 0.6 is 11.8 Å². The predicted molar refractivity (Wildman–Crippen MR) is 193 cm³/mol. The molecule has 0 unspecified atom stereocenters. The van der Waals surface area contributed by atoms with E-state index in [0.717, 1.165) is 50.1 Å².